The molecule has 3 rings (SSSR count). The van der Waals surface area contributed by atoms with Crippen molar-refractivity contribution < 1.29 is 22.3 Å². The molecule has 0 amide bonds. The average Bonchev–Trinajstić information content (AvgIpc) is 2.75. The fourth-order valence-corrected chi connectivity index (χ4v) is 4.54. The van der Waals surface area contributed by atoms with Crippen molar-refractivity contribution in [3.63, 3.8) is 0 Å². The van der Waals surface area contributed by atoms with Gasteiger partial charge in [-0.15, -0.1) is 0 Å². The lowest BCUT2D eigenvalue weighted by molar-refractivity contribution is 0.348. The number of pyridine rings is 1. The molecule has 8 heteroatoms. The van der Waals surface area contributed by atoms with Crippen LogP contribution in [0.4, 0.5) is 4.39 Å². The summed E-state index contributed by atoms with van der Waals surface area (Å²) in [6, 6.07) is 13.1. The number of ether oxygens (including phenoxy) is 2. The number of aromatic nitrogens is 1. The lowest BCUT2D eigenvalue weighted by Gasteiger charge is -2.24. The van der Waals surface area contributed by atoms with Gasteiger partial charge in [-0.25, -0.2) is 12.8 Å². The van der Waals surface area contributed by atoms with Gasteiger partial charge >= 0.3 is 0 Å². The molecule has 0 bridgehead atoms. The zero-order valence-electron chi connectivity index (χ0n) is 17.0. The molecule has 0 spiro atoms. The van der Waals surface area contributed by atoms with Crippen molar-refractivity contribution in [1.82, 2.24) is 9.29 Å². The Labute approximate surface area is 176 Å². The Balaban J connectivity index is 2.08. The van der Waals surface area contributed by atoms with Gasteiger partial charge in [0.15, 0.2) is 11.5 Å². The molecular weight excluding hydrogens is 407 g/mol. The summed E-state index contributed by atoms with van der Waals surface area (Å²) in [6.45, 7) is 2.02. The van der Waals surface area contributed by atoms with Gasteiger partial charge in [0.1, 0.15) is 10.7 Å². The molecule has 0 aliphatic rings. The molecule has 0 unspecified atom stereocenters. The highest BCUT2D eigenvalue weighted by molar-refractivity contribution is 7.89. The predicted molar refractivity (Wildman–Crippen MR) is 111 cm³/mol. The van der Waals surface area contributed by atoms with Crippen LogP contribution in [0.25, 0.3) is 0 Å². The molecule has 0 radical (unpaired) electrons. The molecule has 0 aliphatic carbocycles. The molecule has 30 heavy (non-hydrogen) atoms. The van der Waals surface area contributed by atoms with Gasteiger partial charge in [0, 0.05) is 37.6 Å². The second-order valence-electron chi connectivity index (χ2n) is 6.70. The van der Waals surface area contributed by atoms with Crippen LogP contribution < -0.4 is 9.47 Å². The molecular formula is C22H23FN2O4S. The summed E-state index contributed by atoms with van der Waals surface area (Å²) in [4.78, 5) is 3.58. The number of halogens is 1. The van der Waals surface area contributed by atoms with E-state index in [-0.39, 0.29) is 24.6 Å². The Morgan fingerprint density at radius 2 is 1.70 bits per heavy atom. The van der Waals surface area contributed by atoms with Crippen LogP contribution >= 0.6 is 0 Å². The second kappa shape index (κ2) is 9.23. The normalized spacial score (nSPS) is 11.5. The zero-order chi connectivity index (χ0) is 21.7. The molecule has 0 aliphatic heterocycles. The summed E-state index contributed by atoms with van der Waals surface area (Å²) in [5, 5.41) is 0. The van der Waals surface area contributed by atoms with E-state index in [0.29, 0.717) is 5.56 Å². The van der Waals surface area contributed by atoms with Crippen LogP contribution in [0.3, 0.4) is 0 Å². The van der Waals surface area contributed by atoms with Crippen molar-refractivity contribution in [3.05, 3.63) is 83.4 Å². The summed E-state index contributed by atoms with van der Waals surface area (Å²) < 4.78 is 53.3. The highest BCUT2D eigenvalue weighted by Crippen LogP contribution is 2.34. The summed E-state index contributed by atoms with van der Waals surface area (Å²) in [7, 11) is -1.48. The lowest BCUT2D eigenvalue weighted by Crippen LogP contribution is -2.31. The smallest absolute Gasteiger partial charge is 0.246 e. The first kappa shape index (κ1) is 21.7. The van der Waals surface area contributed by atoms with Crippen molar-refractivity contribution >= 4 is 10.0 Å². The van der Waals surface area contributed by atoms with Crippen molar-refractivity contribution in [3.8, 4) is 11.5 Å². The van der Waals surface area contributed by atoms with Gasteiger partial charge in [0.2, 0.25) is 10.0 Å². The fraction of sp³-hybridized carbons (Fsp3) is 0.227. The third-order valence-corrected chi connectivity index (χ3v) is 6.55. The SMILES string of the molecule is COc1cc(F)c(S(=O)(=O)N(Cc2cccnc2)Cc2ccccc2C)cc1OC. The molecule has 1 aromatic heterocycles. The molecule has 0 N–H and O–H groups in total. The maximum absolute atomic E-state index is 14.8. The van der Waals surface area contributed by atoms with Crippen molar-refractivity contribution in [2.75, 3.05) is 14.2 Å². The first-order chi connectivity index (χ1) is 14.4. The minimum absolute atomic E-state index is 0.0400. The van der Waals surface area contributed by atoms with Gasteiger partial charge in [-0.05, 0) is 29.7 Å². The predicted octanol–water partition coefficient (Wildman–Crippen LogP) is 3.94. The number of methoxy groups -OCH3 is 2. The van der Waals surface area contributed by atoms with E-state index in [1.165, 1.54) is 18.5 Å². The third-order valence-electron chi connectivity index (χ3n) is 4.75. The highest BCUT2D eigenvalue weighted by atomic mass is 32.2. The summed E-state index contributed by atoms with van der Waals surface area (Å²) in [5.74, 6) is -0.657. The number of rotatable bonds is 8. The Hall–Kier alpha value is -2.97. The molecule has 2 aromatic carbocycles. The van der Waals surface area contributed by atoms with Gasteiger partial charge in [-0.2, -0.15) is 4.31 Å². The van der Waals surface area contributed by atoms with Crippen LogP contribution in [0.5, 0.6) is 11.5 Å². The van der Waals surface area contributed by atoms with Crippen LogP contribution in [-0.4, -0.2) is 31.9 Å². The Morgan fingerprint density at radius 1 is 1.00 bits per heavy atom. The number of sulfonamides is 1. The standard InChI is InChI=1S/C22H23FN2O4S/c1-16-7-4-5-9-18(16)15-25(14-17-8-6-10-24-13-17)30(26,27)22-12-21(29-3)20(28-2)11-19(22)23/h4-13H,14-15H2,1-3H3. The van der Waals surface area contributed by atoms with Gasteiger partial charge in [0.25, 0.3) is 0 Å². The van der Waals surface area contributed by atoms with E-state index >= 15 is 0 Å². The number of hydrogen-bond acceptors (Lipinski definition) is 5. The van der Waals surface area contributed by atoms with E-state index < -0.39 is 20.7 Å². The molecule has 6 nitrogen and oxygen atoms in total. The number of hydrogen-bond donors (Lipinski definition) is 0. The maximum Gasteiger partial charge on any atom is 0.246 e. The van der Waals surface area contributed by atoms with Gasteiger partial charge in [-0.1, -0.05) is 30.3 Å². The Morgan fingerprint density at radius 3 is 2.33 bits per heavy atom. The van der Waals surface area contributed by atoms with E-state index in [2.05, 4.69) is 4.98 Å². The van der Waals surface area contributed by atoms with Crippen LogP contribution in [0.2, 0.25) is 0 Å². The molecule has 3 aromatic rings. The second-order valence-corrected chi connectivity index (χ2v) is 8.60. The van der Waals surface area contributed by atoms with Crippen molar-refractivity contribution in [1.29, 1.82) is 0 Å². The van der Waals surface area contributed by atoms with Gasteiger partial charge in [0.05, 0.1) is 14.2 Å². The van der Waals surface area contributed by atoms with E-state index in [1.54, 1.807) is 24.5 Å². The van der Waals surface area contributed by atoms with Crippen molar-refractivity contribution in [2.24, 2.45) is 0 Å². The molecule has 0 fully saturated rings. The topological polar surface area (TPSA) is 68.7 Å². The zero-order valence-corrected chi connectivity index (χ0v) is 17.8. The lowest BCUT2D eigenvalue weighted by atomic mass is 10.1. The van der Waals surface area contributed by atoms with E-state index in [0.717, 1.165) is 23.3 Å². The molecule has 0 atom stereocenters. The van der Waals surface area contributed by atoms with Crippen LogP contribution in [0, 0.1) is 12.7 Å². The average molecular weight is 431 g/mol. The highest BCUT2D eigenvalue weighted by Gasteiger charge is 2.30. The molecule has 0 saturated carbocycles. The third kappa shape index (κ3) is 4.60. The summed E-state index contributed by atoms with van der Waals surface area (Å²) in [5.41, 5.74) is 2.46. The van der Waals surface area contributed by atoms with Crippen LogP contribution in [0.15, 0.2) is 65.8 Å². The van der Waals surface area contributed by atoms with Crippen LogP contribution in [0.1, 0.15) is 16.7 Å². The van der Waals surface area contributed by atoms with Gasteiger partial charge < -0.3 is 9.47 Å². The van der Waals surface area contributed by atoms with Gasteiger partial charge in [-0.3, -0.25) is 4.98 Å². The Kier molecular flexibility index (Phi) is 6.69. The molecule has 0 saturated heterocycles. The number of benzene rings is 2. The van der Waals surface area contributed by atoms with E-state index in [1.807, 2.05) is 31.2 Å². The Bertz CT molecular complexity index is 1120. The molecule has 158 valence electrons. The fourth-order valence-electron chi connectivity index (χ4n) is 3.07. The van der Waals surface area contributed by atoms with E-state index in [9.17, 15) is 12.8 Å². The maximum atomic E-state index is 14.8. The first-order valence-corrected chi connectivity index (χ1v) is 10.7. The number of nitrogens with zero attached hydrogens (tertiary/aromatic N) is 2. The first-order valence-electron chi connectivity index (χ1n) is 9.22. The van der Waals surface area contributed by atoms with E-state index in [4.69, 9.17) is 9.47 Å². The summed E-state index contributed by atoms with van der Waals surface area (Å²) in [6.07, 6.45) is 3.20. The minimum atomic E-state index is -4.21. The largest absolute Gasteiger partial charge is 0.493 e. The minimum Gasteiger partial charge on any atom is -0.493 e. The molecule has 1 heterocycles. The summed E-state index contributed by atoms with van der Waals surface area (Å²) >= 11 is 0. The number of aryl methyl sites for hydroxylation is 1. The monoisotopic (exact) mass is 430 g/mol. The van der Waals surface area contributed by atoms with Crippen LogP contribution in [-0.2, 0) is 23.1 Å². The quantitative estimate of drug-likeness (QED) is 0.542. The van der Waals surface area contributed by atoms with Crippen molar-refractivity contribution in [2.45, 2.75) is 24.9 Å².